The molecule has 0 saturated carbocycles. The molecule has 0 spiro atoms. The predicted molar refractivity (Wildman–Crippen MR) is 93.4 cm³/mol. The molecule has 1 atom stereocenters. The van der Waals surface area contributed by atoms with Crippen molar-refractivity contribution in [1.29, 1.82) is 0 Å². The first-order valence-corrected chi connectivity index (χ1v) is 7.62. The summed E-state index contributed by atoms with van der Waals surface area (Å²) in [6, 6.07) is 12.5. The van der Waals surface area contributed by atoms with E-state index >= 15 is 0 Å². The standard InChI is InChI=1S/C18H19FN2O2.ClH/c1-23-17-7-6-13(10-15(17)19)18(22)21-11-16-14-5-3-2-4-12(14)8-9-20-16;/h2-7,10,16,20H,8-9,11H2,1H3,(H,21,22);1H. The zero-order chi connectivity index (χ0) is 16.2. The average molecular weight is 351 g/mol. The highest BCUT2D eigenvalue weighted by Crippen LogP contribution is 2.22. The molecule has 2 aromatic rings. The Hall–Kier alpha value is -2.11. The molecular weight excluding hydrogens is 331 g/mol. The number of methoxy groups -OCH3 is 1. The van der Waals surface area contributed by atoms with Crippen molar-refractivity contribution in [3.05, 3.63) is 65.0 Å². The van der Waals surface area contributed by atoms with Crippen LogP contribution in [0.5, 0.6) is 5.75 Å². The number of hydrogen-bond donors (Lipinski definition) is 2. The number of amides is 1. The Labute approximate surface area is 146 Å². The number of rotatable bonds is 4. The van der Waals surface area contributed by atoms with E-state index in [1.54, 1.807) is 6.07 Å². The van der Waals surface area contributed by atoms with Gasteiger partial charge in [-0.3, -0.25) is 4.79 Å². The van der Waals surface area contributed by atoms with Gasteiger partial charge in [0.1, 0.15) is 0 Å². The Morgan fingerprint density at radius 1 is 1.33 bits per heavy atom. The Balaban J connectivity index is 0.00000208. The zero-order valence-corrected chi connectivity index (χ0v) is 14.2. The van der Waals surface area contributed by atoms with Crippen molar-refractivity contribution in [2.45, 2.75) is 12.5 Å². The number of hydrogen-bond acceptors (Lipinski definition) is 3. The fourth-order valence-electron chi connectivity index (χ4n) is 2.88. The molecule has 1 aliphatic heterocycles. The molecule has 1 heterocycles. The van der Waals surface area contributed by atoms with Crippen molar-refractivity contribution in [3.63, 3.8) is 0 Å². The van der Waals surface area contributed by atoms with Gasteiger partial charge < -0.3 is 15.4 Å². The molecule has 4 nitrogen and oxygen atoms in total. The molecular formula is C18H20ClFN2O2. The summed E-state index contributed by atoms with van der Waals surface area (Å²) < 4.78 is 18.5. The number of halogens is 2. The van der Waals surface area contributed by atoms with Crippen LogP contribution in [0.4, 0.5) is 4.39 Å². The first-order chi connectivity index (χ1) is 11.2. The number of fused-ring (bicyclic) bond motifs is 1. The van der Waals surface area contributed by atoms with Crippen molar-refractivity contribution in [2.75, 3.05) is 20.2 Å². The van der Waals surface area contributed by atoms with Crippen LogP contribution < -0.4 is 15.4 Å². The highest BCUT2D eigenvalue weighted by atomic mass is 35.5. The summed E-state index contributed by atoms with van der Waals surface area (Å²) in [5, 5.41) is 6.27. The first-order valence-electron chi connectivity index (χ1n) is 7.62. The van der Waals surface area contributed by atoms with Crippen LogP contribution in [0.1, 0.15) is 27.5 Å². The van der Waals surface area contributed by atoms with Crippen LogP contribution in [-0.2, 0) is 6.42 Å². The normalized spacial score (nSPS) is 15.8. The van der Waals surface area contributed by atoms with E-state index in [0.29, 0.717) is 6.54 Å². The molecule has 0 saturated heterocycles. The number of ether oxygens (including phenoxy) is 1. The molecule has 2 N–H and O–H groups in total. The molecule has 1 amide bonds. The minimum Gasteiger partial charge on any atom is -0.494 e. The molecule has 2 aromatic carbocycles. The third kappa shape index (κ3) is 3.86. The van der Waals surface area contributed by atoms with E-state index in [0.717, 1.165) is 13.0 Å². The van der Waals surface area contributed by atoms with Gasteiger partial charge in [0.05, 0.1) is 7.11 Å². The maximum absolute atomic E-state index is 13.7. The minimum atomic E-state index is -0.540. The topological polar surface area (TPSA) is 50.4 Å². The van der Waals surface area contributed by atoms with Crippen molar-refractivity contribution in [3.8, 4) is 5.75 Å². The van der Waals surface area contributed by atoms with E-state index in [2.05, 4.69) is 22.8 Å². The summed E-state index contributed by atoms with van der Waals surface area (Å²) in [5.74, 6) is -0.706. The van der Waals surface area contributed by atoms with E-state index in [1.807, 2.05) is 12.1 Å². The summed E-state index contributed by atoms with van der Waals surface area (Å²) in [5.41, 5.74) is 2.80. The zero-order valence-electron chi connectivity index (χ0n) is 13.3. The predicted octanol–water partition coefficient (Wildman–Crippen LogP) is 2.87. The lowest BCUT2D eigenvalue weighted by Crippen LogP contribution is -2.38. The number of nitrogens with one attached hydrogen (secondary N) is 2. The van der Waals surface area contributed by atoms with Crippen molar-refractivity contribution < 1.29 is 13.9 Å². The van der Waals surface area contributed by atoms with E-state index in [9.17, 15) is 9.18 Å². The maximum Gasteiger partial charge on any atom is 0.251 e. The fourth-order valence-corrected chi connectivity index (χ4v) is 2.88. The fraction of sp³-hybridized carbons (Fsp3) is 0.278. The molecule has 128 valence electrons. The quantitative estimate of drug-likeness (QED) is 0.891. The molecule has 0 fully saturated rings. The highest BCUT2D eigenvalue weighted by Gasteiger charge is 2.20. The molecule has 0 aromatic heterocycles. The van der Waals surface area contributed by atoms with Crippen LogP contribution >= 0.6 is 12.4 Å². The molecule has 0 bridgehead atoms. The van der Waals surface area contributed by atoms with Gasteiger partial charge in [0.2, 0.25) is 0 Å². The van der Waals surface area contributed by atoms with Gasteiger partial charge in [-0.25, -0.2) is 4.39 Å². The second kappa shape index (κ2) is 8.13. The lowest BCUT2D eigenvalue weighted by Gasteiger charge is -2.27. The molecule has 3 rings (SSSR count). The molecule has 1 aliphatic rings. The van der Waals surface area contributed by atoms with E-state index in [1.165, 1.54) is 30.4 Å². The SMILES string of the molecule is COc1ccc(C(=O)NCC2NCCc3ccccc32)cc1F.Cl. The number of carbonyl (C=O) groups is 1. The second-order valence-electron chi connectivity index (χ2n) is 5.51. The van der Waals surface area contributed by atoms with Crippen LogP contribution in [0.2, 0.25) is 0 Å². The van der Waals surface area contributed by atoms with Crippen LogP contribution in [0, 0.1) is 5.82 Å². The van der Waals surface area contributed by atoms with Gasteiger partial charge in [-0.05, 0) is 42.3 Å². The van der Waals surface area contributed by atoms with E-state index in [-0.39, 0.29) is 35.7 Å². The Morgan fingerprint density at radius 2 is 2.12 bits per heavy atom. The maximum atomic E-state index is 13.7. The molecule has 0 radical (unpaired) electrons. The average Bonchev–Trinajstić information content (AvgIpc) is 2.59. The summed E-state index contributed by atoms with van der Waals surface area (Å²) >= 11 is 0. The van der Waals surface area contributed by atoms with Crippen molar-refractivity contribution in [2.24, 2.45) is 0 Å². The highest BCUT2D eigenvalue weighted by molar-refractivity contribution is 5.94. The molecule has 0 aliphatic carbocycles. The smallest absolute Gasteiger partial charge is 0.251 e. The van der Waals surface area contributed by atoms with Gasteiger partial charge in [0, 0.05) is 18.2 Å². The van der Waals surface area contributed by atoms with Crippen LogP contribution in [0.3, 0.4) is 0 Å². The van der Waals surface area contributed by atoms with Gasteiger partial charge in [0.15, 0.2) is 11.6 Å². The van der Waals surface area contributed by atoms with E-state index in [4.69, 9.17) is 4.74 Å². The summed E-state index contributed by atoms with van der Waals surface area (Å²) in [4.78, 5) is 12.2. The summed E-state index contributed by atoms with van der Waals surface area (Å²) in [6.45, 7) is 1.35. The third-order valence-corrected chi connectivity index (χ3v) is 4.10. The second-order valence-corrected chi connectivity index (χ2v) is 5.51. The number of carbonyl (C=O) groups excluding carboxylic acids is 1. The summed E-state index contributed by atoms with van der Waals surface area (Å²) in [7, 11) is 1.39. The minimum absolute atomic E-state index is 0. The monoisotopic (exact) mass is 350 g/mol. The number of benzene rings is 2. The molecule has 1 unspecified atom stereocenters. The molecule has 6 heteroatoms. The van der Waals surface area contributed by atoms with E-state index < -0.39 is 5.82 Å². The molecule has 24 heavy (non-hydrogen) atoms. The lowest BCUT2D eigenvalue weighted by atomic mass is 9.94. The van der Waals surface area contributed by atoms with Gasteiger partial charge in [-0.1, -0.05) is 24.3 Å². The Bertz CT molecular complexity index is 724. The largest absolute Gasteiger partial charge is 0.494 e. The first kappa shape index (κ1) is 18.2. The lowest BCUT2D eigenvalue weighted by molar-refractivity contribution is 0.0948. The van der Waals surface area contributed by atoms with Gasteiger partial charge in [-0.2, -0.15) is 0 Å². The van der Waals surface area contributed by atoms with Gasteiger partial charge in [-0.15, -0.1) is 12.4 Å². The Kier molecular flexibility index (Phi) is 6.17. The third-order valence-electron chi connectivity index (χ3n) is 4.10. The van der Waals surface area contributed by atoms with Gasteiger partial charge in [0.25, 0.3) is 5.91 Å². The van der Waals surface area contributed by atoms with Crippen LogP contribution in [-0.4, -0.2) is 26.1 Å². The van der Waals surface area contributed by atoms with Crippen LogP contribution in [0.15, 0.2) is 42.5 Å². The van der Waals surface area contributed by atoms with Crippen LogP contribution in [0.25, 0.3) is 0 Å². The van der Waals surface area contributed by atoms with Crippen molar-refractivity contribution >= 4 is 18.3 Å². The van der Waals surface area contributed by atoms with Gasteiger partial charge >= 0.3 is 0 Å². The summed E-state index contributed by atoms with van der Waals surface area (Å²) in [6.07, 6.45) is 0.990. The Morgan fingerprint density at radius 3 is 2.88 bits per heavy atom. The van der Waals surface area contributed by atoms with Crippen molar-refractivity contribution in [1.82, 2.24) is 10.6 Å².